The van der Waals surface area contributed by atoms with Gasteiger partial charge in [0.1, 0.15) is 23.1 Å². The first kappa shape index (κ1) is 41.2. The number of hydrogen-bond donors (Lipinski definition) is 1. The second kappa shape index (κ2) is 15.3. The van der Waals surface area contributed by atoms with Gasteiger partial charge < -0.3 is 19.0 Å². The number of ether oxygens (including phenoxy) is 2. The van der Waals surface area contributed by atoms with Gasteiger partial charge in [0.05, 0.1) is 38.3 Å². The molecular formula is C38H61ClO6Si2. The summed E-state index contributed by atoms with van der Waals surface area (Å²) in [5, 5.41) is 9.75. The summed E-state index contributed by atoms with van der Waals surface area (Å²) in [6, 6.07) is 11.7. The first-order valence-corrected chi connectivity index (χ1v) is 23.6. The third-order valence-electron chi connectivity index (χ3n) is 10.9. The zero-order valence-corrected chi connectivity index (χ0v) is 34.3. The topological polar surface area (TPSA) is 82.1 Å². The summed E-state index contributed by atoms with van der Waals surface area (Å²) in [5.41, 5.74) is 3.37. The van der Waals surface area contributed by atoms with E-state index in [1.54, 1.807) is 28.1 Å². The van der Waals surface area contributed by atoms with Crippen LogP contribution in [0.3, 0.4) is 0 Å². The molecule has 0 saturated heterocycles. The maximum absolute atomic E-state index is 12.0. The van der Waals surface area contributed by atoms with Gasteiger partial charge in [-0.05, 0) is 98.1 Å². The Labute approximate surface area is 291 Å². The van der Waals surface area contributed by atoms with Gasteiger partial charge in [-0.1, -0.05) is 66.8 Å². The highest BCUT2D eigenvalue weighted by molar-refractivity contribution is 7.20. The first-order valence-electron chi connectivity index (χ1n) is 16.7. The highest BCUT2D eigenvalue weighted by Gasteiger charge is 2.49. The summed E-state index contributed by atoms with van der Waals surface area (Å²) < 4.78 is 17.0. The van der Waals surface area contributed by atoms with E-state index in [2.05, 4.69) is 73.8 Å². The maximum Gasteiger partial charge on any atom is 0.192 e. The van der Waals surface area contributed by atoms with Crippen LogP contribution in [0, 0.1) is 0 Å². The molecule has 0 aliphatic heterocycles. The van der Waals surface area contributed by atoms with Gasteiger partial charge in [0, 0.05) is 11.1 Å². The Morgan fingerprint density at radius 3 is 1.38 bits per heavy atom. The SMILES string of the molecule is CC(C)(C)[Si](C)(C)Cl.COc1ccc(C2(C(C)=O)CC2)cc1CO.COc1ccc(C2(C(C)=O)CC2)cc1CO[Si](C)(C)C(C)(C)C. The second-order valence-corrected chi connectivity index (χ2v) is 28.3. The van der Waals surface area contributed by atoms with E-state index in [0.29, 0.717) is 17.4 Å². The number of aliphatic hydroxyl groups is 1. The van der Waals surface area contributed by atoms with E-state index < -0.39 is 15.7 Å². The van der Waals surface area contributed by atoms with E-state index in [-0.39, 0.29) is 34.0 Å². The van der Waals surface area contributed by atoms with Gasteiger partial charge in [-0.25, -0.2) is 0 Å². The second-order valence-electron chi connectivity index (χ2n) is 16.3. The number of ketones is 2. The molecule has 0 unspecified atom stereocenters. The molecule has 0 spiro atoms. The molecule has 2 aromatic carbocycles. The number of benzene rings is 2. The summed E-state index contributed by atoms with van der Waals surface area (Å²) >= 11 is 6.15. The van der Waals surface area contributed by atoms with Crippen molar-refractivity contribution in [3.8, 4) is 11.5 Å². The molecule has 2 fully saturated rings. The van der Waals surface area contributed by atoms with Gasteiger partial charge in [-0.3, -0.25) is 9.59 Å². The Hall–Kier alpha value is -1.98. The smallest absolute Gasteiger partial charge is 0.192 e. The molecule has 0 heterocycles. The Kier molecular flexibility index (Phi) is 13.4. The zero-order chi connectivity index (χ0) is 36.2. The van der Waals surface area contributed by atoms with Gasteiger partial charge in [0.25, 0.3) is 0 Å². The predicted octanol–water partition coefficient (Wildman–Crippen LogP) is 9.88. The van der Waals surface area contributed by atoms with Crippen molar-refractivity contribution in [2.24, 2.45) is 0 Å². The van der Waals surface area contributed by atoms with Gasteiger partial charge >= 0.3 is 0 Å². The molecule has 4 rings (SSSR count). The minimum atomic E-state index is -1.82. The number of rotatable bonds is 10. The molecule has 0 atom stereocenters. The van der Waals surface area contributed by atoms with Crippen molar-refractivity contribution in [3.05, 3.63) is 58.7 Å². The summed E-state index contributed by atoms with van der Waals surface area (Å²) in [6.45, 7) is 26.0. The van der Waals surface area contributed by atoms with Crippen molar-refractivity contribution in [2.75, 3.05) is 14.2 Å². The lowest BCUT2D eigenvalue weighted by molar-refractivity contribution is -0.120. The van der Waals surface area contributed by atoms with Crippen molar-refractivity contribution in [1.82, 2.24) is 0 Å². The Morgan fingerprint density at radius 2 is 1.11 bits per heavy atom. The van der Waals surface area contributed by atoms with Crippen LogP contribution in [0.15, 0.2) is 36.4 Å². The number of Topliss-reactive ketones (excluding diaryl/α,β-unsaturated/α-hetero) is 2. The van der Waals surface area contributed by atoms with Crippen LogP contribution in [0.1, 0.15) is 103 Å². The van der Waals surface area contributed by atoms with Crippen LogP contribution in [0.2, 0.25) is 36.3 Å². The lowest BCUT2D eigenvalue weighted by atomic mass is 9.91. The Morgan fingerprint density at radius 1 is 0.745 bits per heavy atom. The van der Waals surface area contributed by atoms with Crippen LogP contribution in [0.25, 0.3) is 0 Å². The highest BCUT2D eigenvalue weighted by Crippen LogP contribution is 2.50. The largest absolute Gasteiger partial charge is 0.496 e. The molecule has 0 bridgehead atoms. The fraction of sp³-hybridized carbons (Fsp3) is 0.632. The molecular weight excluding hydrogens is 644 g/mol. The van der Waals surface area contributed by atoms with Crippen molar-refractivity contribution in [2.45, 2.75) is 141 Å². The molecule has 264 valence electrons. The first-order chi connectivity index (χ1) is 21.4. The third-order valence-corrected chi connectivity index (χ3v) is 20.6. The van der Waals surface area contributed by atoms with Crippen LogP contribution in [-0.2, 0) is 38.1 Å². The van der Waals surface area contributed by atoms with E-state index in [0.717, 1.165) is 53.7 Å². The molecule has 2 aromatic rings. The number of aliphatic hydroxyl groups excluding tert-OH is 1. The maximum atomic E-state index is 12.0. The average Bonchev–Trinajstić information content (AvgIpc) is 3.89. The zero-order valence-electron chi connectivity index (χ0n) is 31.6. The fourth-order valence-corrected chi connectivity index (χ4v) is 5.75. The minimum Gasteiger partial charge on any atom is -0.496 e. The normalized spacial score (nSPS) is 16.5. The minimum absolute atomic E-state index is 0.0645. The lowest BCUT2D eigenvalue weighted by Gasteiger charge is -2.36. The molecule has 2 aliphatic rings. The molecule has 6 nitrogen and oxygen atoms in total. The number of hydrogen-bond acceptors (Lipinski definition) is 6. The molecule has 9 heteroatoms. The Balaban J connectivity index is 0.000000276. The van der Waals surface area contributed by atoms with Crippen LogP contribution < -0.4 is 9.47 Å². The molecule has 0 radical (unpaired) electrons. The van der Waals surface area contributed by atoms with Crippen molar-refractivity contribution in [1.29, 1.82) is 0 Å². The summed E-state index contributed by atoms with van der Waals surface area (Å²) in [5.74, 6) is 1.98. The number of carbonyl (C=O) groups is 2. The Bertz CT molecular complexity index is 1380. The number of methoxy groups -OCH3 is 2. The summed E-state index contributed by atoms with van der Waals surface area (Å²) in [6.07, 6.45) is 3.74. The van der Waals surface area contributed by atoms with Crippen molar-refractivity contribution < 1.29 is 28.6 Å². The third kappa shape index (κ3) is 10.0. The molecule has 47 heavy (non-hydrogen) atoms. The standard InChI is InChI=1S/C19H30O3Si.C13H16O3.C6H15ClSi/c1-14(20)19(10-11-19)16-8-9-17(21-5)15(12-16)13-22-23(6,7)18(2,3)4;1-9(15)13(5-6-13)11-3-4-12(16-2)10(7-11)8-14;1-6(2,3)8(4,5)7/h8-9,12H,10-11,13H2,1-7H3;3-4,7,14H,5-6,8H2,1-2H3;1-5H3. The van der Waals surface area contributed by atoms with E-state index in [1.807, 2.05) is 30.3 Å². The van der Waals surface area contributed by atoms with Gasteiger partial charge in [-0.2, -0.15) is 11.1 Å². The van der Waals surface area contributed by atoms with Crippen LogP contribution in [-0.4, -0.2) is 46.6 Å². The molecule has 2 saturated carbocycles. The van der Waals surface area contributed by atoms with E-state index >= 15 is 0 Å². The van der Waals surface area contributed by atoms with Crippen LogP contribution >= 0.6 is 11.1 Å². The van der Waals surface area contributed by atoms with Crippen LogP contribution in [0.5, 0.6) is 11.5 Å². The average molecular weight is 706 g/mol. The molecule has 1 N–H and O–H groups in total. The van der Waals surface area contributed by atoms with E-state index in [4.69, 9.17) is 25.0 Å². The van der Waals surface area contributed by atoms with Crippen LogP contribution in [0.4, 0.5) is 0 Å². The van der Waals surface area contributed by atoms with Gasteiger partial charge in [0.15, 0.2) is 15.7 Å². The molecule has 0 aromatic heterocycles. The van der Waals surface area contributed by atoms with Crippen molar-refractivity contribution >= 4 is 38.3 Å². The fourth-order valence-electron chi connectivity index (χ4n) is 4.80. The van der Waals surface area contributed by atoms with E-state index in [9.17, 15) is 14.7 Å². The summed E-state index contributed by atoms with van der Waals surface area (Å²) in [4.78, 5) is 23.6. The summed E-state index contributed by atoms with van der Waals surface area (Å²) in [7, 11) is 0.0568. The predicted molar refractivity (Wildman–Crippen MR) is 200 cm³/mol. The van der Waals surface area contributed by atoms with Gasteiger partial charge in [-0.15, -0.1) is 0 Å². The lowest BCUT2D eigenvalue weighted by Crippen LogP contribution is -2.40. The molecule has 2 aliphatic carbocycles. The monoisotopic (exact) mass is 704 g/mol. The highest BCUT2D eigenvalue weighted by atomic mass is 35.6. The quantitative estimate of drug-likeness (QED) is 0.196. The van der Waals surface area contributed by atoms with E-state index in [1.165, 1.54) is 0 Å². The van der Waals surface area contributed by atoms with Gasteiger partial charge in [0.2, 0.25) is 0 Å². The number of carbonyl (C=O) groups excluding carboxylic acids is 2. The van der Waals surface area contributed by atoms with Crippen molar-refractivity contribution in [3.63, 3.8) is 0 Å². The molecule has 0 amide bonds. The number of halogens is 1.